The van der Waals surface area contributed by atoms with Crippen LogP contribution in [0.2, 0.25) is 0 Å². The van der Waals surface area contributed by atoms with Gasteiger partial charge >= 0.3 is 5.97 Å². The molecule has 1 N–H and O–H groups in total. The average molecular weight is 264 g/mol. The lowest BCUT2D eigenvalue weighted by Crippen LogP contribution is -2.21. The Labute approximate surface area is 113 Å². The quantitative estimate of drug-likeness (QED) is 0.767. The summed E-state index contributed by atoms with van der Waals surface area (Å²) in [7, 11) is 0. The first kappa shape index (κ1) is 15.4. The smallest absolute Gasteiger partial charge is 0.305 e. The predicted octanol–water partition coefficient (Wildman–Crippen LogP) is 2.27. The van der Waals surface area contributed by atoms with E-state index in [0.29, 0.717) is 18.6 Å². The highest BCUT2D eigenvalue weighted by molar-refractivity contribution is 5.80. The number of carbonyl (C=O) groups is 2. The van der Waals surface area contributed by atoms with Crippen LogP contribution >= 0.6 is 0 Å². The minimum atomic E-state index is -0.881. The number of rotatable bonds is 7. The molecule has 0 aliphatic carbocycles. The molecule has 1 aromatic carbocycles. The van der Waals surface area contributed by atoms with Gasteiger partial charge in [0, 0.05) is 12.3 Å². The lowest BCUT2D eigenvalue weighted by atomic mass is 9.89. The molecule has 0 fully saturated rings. The molecular formula is C15H20O4. The van der Waals surface area contributed by atoms with Crippen molar-refractivity contribution in [1.29, 1.82) is 0 Å². The first-order chi connectivity index (χ1) is 9.06. The average Bonchev–Trinajstić information content (AvgIpc) is 2.39. The minimum absolute atomic E-state index is 0.124. The first-order valence-electron chi connectivity index (χ1n) is 6.45. The number of benzene rings is 1. The van der Waals surface area contributed by atoms with Crippen molar-refractivity contribution in [3.05, 3.63) is 35.9 Å². The highest BCUT2D eigenvalue weighted by Gasteiger charge is 2.25. The fourth-order valence-electron chi connectivity index (χ4n) is 1.97. The molecule has 0 amide bonds. The summed E-state index contributed by atoms with van der Waals surface area (Å²) < 4.78 is 4.83. The van der Waals surface area contributed by atoms with Crippen LogP contribution in [0.1, 0.15) is 38.4 Å². The molecule has 0 unspecified atom stereocenters. The molecule has 0 spiro atoms. The van der Waals surface area contributed by atoms with E-state index in [2.05, 4.69) is 0 Å². The van der Waals surface area contributed by atoms with Crippen LogP contribution in [0.3, 0.4) is 0 Å². The summed E-state index contributed by atoms with van der Waals surface area (Å²) in [5, 5.41) is 10.2. The number of aliphatic hydroxyl groups excluding tert-OH is 1. The van der Waals surface area contributed by atoms with E-state index in [1.54, 1.807) is 31.2 Å². The monoisotopic (exact) mass is 264 g/mol. The van der Waals surface area contributed by atoms with E-state index in [9.17, 15) is 14.7 Å². The normalized spacial score (nSPS) is 13.6. The largest absolute Gasteiger partial charge is 0.466 e. The Morgan fingerprint density at radius 2 is 1.89 bits per heavy atom. The van der Waals surface area contributed by atoms with Gasteiger partial charge in [-0.05, 0) is 25.8 Å². The molecule has 0 saturated heterocycles. The van der Waals surface area contributed by atoms with Gasteiger partial charge in [-0.1, -0.05) is 30.3 Å². The van der Waals surface area contributed by atoms with Crippen LogP contribution in [0.15, 0.2) is 30.3 Å². The van der Waals surface area contributed by atoms with Crippen molar-refractivity contribution in [2.45, 2.75) is 32.8 Å². The second-order valence-electron chi connectivity index (χ2n) is 4.42. The van der Waals surface area contributed by atoms with Crippen LogP contribution in [0.4, 0.5) is 0 Å². The SMILES string of the molecule is CCOC(=O)CC[C@H](C(C)=O)[C@@H](O)c1ccccc1. The van der Waals surface area contributed by atoms with Crippen LogP contribution in [-0.4, -0.2) is 23.5 Å². The van der Waals surface area contributed by atoms with E-state index in [4.69, 9.17) is 4.74 Å². The van der Waals surface area contributed by atoms with Crippen molar-refractivity contribution in [2.75, 3.05) is 6.61 Å². The van der Waals surface area contributed by atoms with Gasteiger partial charge in [-0.3, -0.25) is 9.59 Å². The Hall–Kier alpha value is -1.68. The second-order valence-corrected chi connectivity index (χ2v) is 4.42. The van der Waals surface area contributed by atoms with Crippen LogP contribution in [0.25, 0.3) is 0 Å². The summed E-state index contributed by atoms with van der Waals surface area (Å²) >= 11 is 0. The fraction of sp³-hybridized carbons (Fsp3) is 0.467. The molecule has 4 heteroatoms. The third-order valence-corrected chi connectivity index (χ3v) is 3.01. The Morgan fingerprint density at radius 1 is 1.26 bits per heavy atom. The van der Waals surface area contributed by atoms with E-state index in [-0.39, 0.29) is 18.2 Å². The molecule has 19 heavy (non-hydrogen) atoms. The lowest BCUT2D eigenvalue weighted by molar-refractivity contribution is -0.143. The molecule has 0 aliphatic heterocycles. The standard InChI is InChI=1S/C15H20O4/c1-3-19-14(17)10-9-13(11(2)16)15(18)12-7-5-4-6-8-12/h4-8,13,15,18H,3,9-10H2,1-2H3/t13-,15+/m1/s1. The van der Waals surface area contributed by atoms with Gasteiger partial charge in [0.05, 0.1) is 12.7 Å². The summed E-state index contributed by atoms with van der Waals surface area (Å²) in [4.78, 5) is 22.9. The van der Waals surface area contributed by atoms with Gasteiger partial charge in [-0.2, -0.15) is 0 Å². The number of Topliss-reactive ketones (excluding diaryl/α,β-unsaturated/α-hetero) is 1. The van der Waals surface area contributed by atoms with Gasteiger partial charge in [0.2, 0.25) is 0 Å². The summed E-state index contributed by atoms with van der Waals surface area (Å²) in [6.07, 6.45) is -0.445. The fourth-order valence-corrected chi connectivity index (χ4v) is 1.97. The summed E-state index contributed by atoms with van der Waals surface area (Å²) in [5.74, 6) is -1.04. The van der Waals surface area contributed by atoms with E-state index < -0.39 is 12.0 Å². The number of aliphatic hydroxyl groups is 1. The van der Waals surface area contributed by atoms with E-state index >= 15 is 0 Å². The van der Waals surface area contributed by atoms with Crippen LogP contribution in [0.5, 0.6) is 0 Å². The van der Waals surface area contributed by atoms with Gasteiger partial charge in [0.25, 0.3) is 0 Å². The molecule has 0 bridgehead atoms. The number of hydrogen-bond donors (Lipinski definition) is 1. The maximum absolute atomic E-state index is 11.6. The maximum Gasteiger partial charge on any atom is 0.305 e. The molecule has 4 nitrogen and oxygen atoms in total. The van der Waals surface area contributed by atoms with Crippen LogP contribution in [-0.2, 0) is 14.3 Å². The zero-order valence-electron chi connectivity index (χ0n) is 11.3. The molecular weight excluding hydrogens is 244 g/mol. The van der Waals surface area contributed by atoms with E-state index in [1.807, 2.05) is 6.07 Å². The van der Waals surface area contributed by atoms with Crippen molar-refractivity contribution in [2.24, 2.45) is 5.92 Å². The third kappa shape index (κ3) is 4.83. The number of hydrogen-bond acceptors (Lipinski definition) is 4. The highest BCUT2D eigenvalue weighted by atomic mass is 16.5. The van der Waals surface area contributed by atoms with Crippen molar-refractivity contribution in [1.82, 2.24) is 0 Å². The van der Waals surface area contributed by atoms with E-state index in [0.717, 1.165) is 0 Å². The molecule has 0 aliphatic rings. The highest BCUT2D eigenvalue weighted by Crippen LogP contribution is 2.26. The van der Waals surface area contributed by atoms with Gasteiger partial charge < -0.3 is 9.84 Å². The van der Waals surface area contributed by atoms with E-state index in [1.165, 1.54) is 6.92 Å². The lowest BCUT2D eigenvalue weighted by Gasteiger charge is -2.20. The number of esters is 1. The molecule has 1 rings (SSSR count). The van der Waals surface area contributed by atoms with Crippen LogP contribution in [0, 0.1) is 5.92 Å². The molecule has 0 saturated carbocycles. The Balaban J connectivity index is 2.67. The molecule has 2 atom stereocenters. The zero-order chi connectivity index (χ0) is 14.3. The number of ketones is 1. The zero-order valence-corrected chi connectivity index (χ0v) is 11.3. The number of carbonyl (C=O) groups excluding carboxylic acids is 2. The number of ether oxygens (including phenoxy) is 1. The second kappa shape index (κ2) is 7.69. The predicted molar refractivity (Wildman–Crippen MR) is 71.4 cm³/mol. The van der Waals surface area contributed by atoms with Gasteiger partial charge in [-0.25, -0.2) is 0 Å². The summed E-state index contributed by atoms with van der Waals surface area (Å²) in [6, 6.07) is 9.00. The van der Waals surface area contributed by atoms with Crippen molar-refractivity contribution in [3.63, 3.8) is 0 Å². The Kier molecular flexibility index (Phi) is 6.22. The van der Waals surface area contributed by atoms with Crippen molar-refractivity contribution in [3.8, 4) is 0 Å². The van der Waals surface area contributed by atoms with Gasteiger partial charge in [0.15, 0.2) is 0 Å². The summed E-state index contributed by atoms with van der Waals surface area (Å²) in [5.41, 5.74) is 0.687. The Bertz CT molecular complexity index is 413. The molecule has 0 radical (unpaired) electrons. The van der Waals surface area contributed by atoms with Gasteiger partial charge in [0.1, 0.15) is 5.78 Å². The first-order valence-corrected chi connectivity index (χ1v) is 6.45. The maximum atomic E-state index is 11.6. The molecule has 0 heterocycles. The summed E-state index contributed by atoms with van der Waals surface area (Å²) in [6.45, 7) is 3.49. The topological polar surface area (TPSA) is 63.6 Å². The van der Waals surface area contributed by atoms with Crippen LogP contribution < -0.4 is 0 Å². The van der Waals surface area contributed by atoms with Crippen molar-refractivity contribution < 1.29 is 19.4 Å². The molecule has 1 aromatic rings. The van der Waals surface area contributed by atoms with Crippen molar-refractivity contribution >= 4 is 11.8 Å². The molecule has 104 valence electrons. The van der Waals surface area contributed by atoms with Gasteiger partial charge in [-0.15, -0.1) is 0 Å². The third-order valence-electron chi connectivity index (χ3n) is 3.01. The minimum Gasteiger partial charge on any atom is -0.466 e. The molecule has 0 aromatic heterocycles. The Morgan fingerprint density at radius 3 is 2.42 bits per heavy atom.